The molecule has 0 fully saturated rings. The Bertz CT molecular complexity index is 426. The van der Waals surface area contributed by atoms with Gasteiger partial charge in [0.1, 0.15) is 11.5 Å². The summed E-state index contributed by atoms with van der Waals surface area (Å²) in [6.45, 7) is 0. The van der Waals surface area contributed by atoms with Crippen LogP contribution in [0.25, 0.3) is 5.69 Å². The molecule has 0 aliphatic rings. The molecule has 1 heterocycles. The van der Waals surface area contributed by atoms with Crippen molar-refractivity contribution in [3.63, 3.8) is 0 Å². The average molecular weight is 255 g/mol. The number of rotatable bonds is 2. The Hall–Kier alpha value is -1.16. The SMILES string of the molecule is Fc1cc(CBr)ccc1-n1cccn1. The van der Waals surface area contributed by atoms with Gasteiger partial charge in [-0.25, -0.2) is 9.07 Å². The molecule has 0 amide bonds. The maximum atomic E-state index is 13.5. The molecule has 72 valence electrons. The molecular weight excluding hydrogens is 247 g/mol. The van der Waals surface area contributed by atoms with Crippen molar-refractivity contribution in [2.24, 2.45) is 0 Å². The van der Waals surface area contributed by atoms with Crippen molar-refractivity contribution in [2.75, 3.05) is 0 Å². The summed E-state index contributed by atoms with van der Waals surface area (Å²) >= 11 is 3.28. The molecular formula is C10H8BrFN2. The highest BCUT2D eigenvalue weighted by Gasteiger charge is 2.04. The van der Waals surface area contributed by atoms with Crippen LogP contribution >= 0.6 is 15.9 Å². The van der Waals surface area contributed by atoms with Gasteiger partial charge in [-0.05, 0) is 23.8 Å². The predicted octanol–water partition coefficient (Wildman–Crippen LogP) is 2.91. The minimum Gasteiger partial charge on any atom is -0.238 e. The van der Waals surface area contributed by atoms with Gasteiger partial charge in [0.25, 0.3) is 0 Å². The highest BCUT2D eigenvalue weighted by molar-refractivity contribution is 9.08. The van der Waals surface area contributed by atoms with Gasteiger partial charge in [-0.3, -0.25) is 0 Å². The molecule has 1 aromatic carbocycles. The molecule has 0 N–H and O–H groups in total. The second-order valence-electron chi connectivity index (χ2n) is 2.87. The van der Waals surface area contributed by atoms with Crippen LogP contribution in [-0.4, -0.2) is 9.78 Å². The lowest BCUT2D eigenvalue weighted by Gasteiger charge is -2.04. The van der Waals surface area contributed by atoms with Gasteiger partial charge >= 0.3 is 0 Å². The normalized spacial score (nSPS) is 10.4. The fourth-order valence-electron chi connectivity index (χ4n) is 1.23. The summed E-state index contributed by atoms with van der Waals surface area (Å²) in [5.41, 5.74) is 1.39. The van der Waals surface area contributed by atoms with Crippen LogP contribution in [0.4, 0.5) is 4.39 Å². The molecule has 0 spiro atoms. The lowest BCUT2D eigenvalue weighted by atomic mass is 10.2. The van der Waals surface area contributed by atoms with E-state index in [0.717, 1.165) is 5.56 Å². The van der Waals surface area contributed by atoms with Crippen LogP contribution in [0.5, 0.6) is 0 Å². The summed E-state index contributed by atoms with van der Waals surface area (Å²) in [5, 5.41) is 4.62. The van der Waals surface area contributed by atoms with Crippen molar-refractivity contribution in [3.8, 4) is 5.69 Å². The number of hydrogen-bond donors (Lipinski definition) is 0. The third-order valence-electron chi connectivity index (χ3n) is 1.92. The van der Waals surface area contributed by atoms with Gasteiger partial charge < -0.3 is 0 Å². The predicted molar refractivity (Wildman–Crippen MR) is 56.2 cm³/mol. The Morgan fingerprint density at radius 2 is 2.29 bits per heavy atom. The maximum absolute atomic E-state index is 13.5. The number of alkyl halides is 1. The number of hydrogen-bond acceptors (Lipinski definition) is 1. The zero-order valence-corrected chi connectivity index (χ0v) is 8.91. The highest BCUT2D eigenvalue weighted by atomic mass is 79.9. The summed E-state index contributed by atoms with van der Waals surface area (Å²) in [6.07, 6.45) is 3.34. The van der Waals surface area contributed by atoms with Crippen LogP contribution < -0.4 is 0 Å². The molecule has 4 heteroatoms. The zero-order chi connectivity index (χ0) is 9.97. The molecule has 1 aromatic heterocycles. The monoisotopic (exact) mass is 254 g/mol. The molecule has 0 bridgehead atoms. The molecule has 0 aliphatic heterocycles. The van der Waals surface area contributed by atoms with Gasteiger partial charge in [0.05, 0.1) is 0 Å². The average Bonchev–Trinajstić information content (AvgIpc) is 2.70. The van der Waals surface area contributed by atoms with E-state index in [1.54, 1.807) is 24.5 Å². The fourth-order valence-corrected chi connectivity index (χ4v) is 1.58. The minimum atomic E-state index is -0.259. The Morgan fingerprint density at radius 1 is 1.43 bits per heavy atom. The molecule has 0 atom stereocenters. The van der Waals surface area contributed by atoms with E-state index in [9.17, 15) is 4.39 Å². The standard InChI is InChI=1S/C10H8BrFN2/c11-7-8-2-3-10(9(12)6-8)14-5-1-4-13-14/h1-6H,7H2. The fraction of sp³-hybridized carbons (Fsp3) is 0.100. The largest absolute Gasteiger partial charge is 0.238 e. The third kappa shape index (κ3) is 1.70. The van der Waals surface area contributed by atoms with E-state index in [1.165, 1.54) is 10.7 Å². The molecule has 2 rings (SSSR count). The zero-order valence-electron chi connectivity index (χ0n) is 7.32. The smallest absolute Gasteiger partial charge is 0.149 e. The first-order valence-electron chi connectivity index (χ1n) is 4.15. The summed E-state index contributed by atoms with van der Waals surface area (Å²) in [6, 6.07) is 6.86. The summed E-state index contributed by atoms with van der Waals surface area (Å²) < 4.78 is 15.0. The Morgan fingerprint density at radius 3 is 2.86 bits per heavy atom. The summed E-state index contributed by atoms with van der Waals surface area (Å²) in [4.78, 5) is 0. The minimum absolute atomic E-state index is 0.259. The lowest BCUT2D eigenvalue weighted by molar-refractivity contribution is 0.609. The second kappa shape index (κ2) is 3.92. The van der Waals surface area contributed by atoms with Gasteiger partial charge in [-0.2, -0.15) is 5.10 Å². The van der Waals surface area contributed by atoms with Crippen LogP contribution in [0.3, 0.4) is 0 Å². The van der Waals surface area contributed by atoms with Gasteiger partial charge in [-0.15, -0.1) is 0 Å². The van der Waals surface area contributed by atoms with Crippen molar-refractivity contribution in [1.82, 2.24) is 9.78 Å². The quantitative estimate of drug-likeness (QED) is 0.754. The van der Waals surface area contributed by atoms with Crippen molar-refractivity contribution in [1.29, 1.82) is 0 Å². The maximum Gasteiger partial charge on any atom is 0.149 e. The third-order valence-corrected chi connectivity index (χ3v) is 2.57. The van der Waals surface area contributed by atoms with Crippen LogP contribution in [-0.2, 0) is 5.33 Å². The number of benzene rings is 1. The van der Waals surface area contributed by atoms with Gasteiger partial charge in [0.2, 0.25) is 0 Å². The molecule has 0 aliphatic carbocycles. The Kier molecular flexibility index (Phi) is 2.63. The molecule has 2 aromatic rings. The topological polar surface area (TPSA) is 17.8 Å². The summed E-state index contributed by atoms with van der Waals surface area (Å²) in [5.74, 6) is -0.259. The molecule has 0 saturated heterocycles. The van der Waals surface area contributed by atoms with Crippen LogP contribution in [0.1, 0.15) is 5.56 Å². The number of halogens is 2. The highest BCUT2D eigenvalue weighted by Crippen LogP contribution is 2.15. The second-order valence-corrected chi connectivity index (χ2v) is 3.43. The van der Waals surface area contributed by atoms with Gasteiger partial charge in [0, 0.05) is 17.7 Å². The molecule has 0 saturated carbocycles. The van der Waals surface area contributed by atoms with Crippen LogP contribution in [0.15, 0.2) is 36.7 Å². The van der Waals surface area contributed by atoms with E-state index in [1.807, 2.05) is 6.07 Å². The molecule has 14 heavy (non-hydrogen) atoms. The summed E-state index contributed by atoms with van der Waals surface area (Å²) in [7, 11) is 0. The number of aromatic nitrogens is 2. The van der Waals surface area contributed by atoms with Crippen molar-refractivity contribution >= 4 is 15.9 Å². The first-order chi connectivity index (χ1) is 6.81. The van der Waals surface area contributed by atoms with E-state index in [2.05, 4.69) is 21.0 Å². The van der Waals surface area contributed by atoms with Crippen molar-refractivity contribution in [3.05, 3.63) is 48.0 Å². The molecule has 0 unspecified atom stereocenters. The lowest BCUT2D eigenvalue weighted by Crippen LogP contribution is -1.98. The van der Waals surface area contributed by atoms with E-state index >= 15 is 0 Å². The van der Waals surface area contributed by atoms with Crippen molar-refractivity contribution in [2.45, 2.75) is 5.33 Å². The Balaban J connectivity index is 2.46. The van der Waals surface area contributed by atoms with Gasteiger partial charge in [-0.1, -0.05) is 22.0 Å². The first kappa shape index (κ1) is 9.40. The van der Waals surface area contributed by atoms with E-state index in [4.69, 9.17) is 0 Å². The van der Waals surface area contributed by atoms with E-state index in [-0.39, 0.29) is 5.82 Å². The molecule has 2 nitrogen and oxygen atoms in total. The Labute approximate surface area is 89.5 Å². The van der Waals surface area contributed by atoms with E-state index < -0.39 is 0 Å². The first-order valence-corrected chi connectivity index (χ1v) is 5.28. The van der Waals surface area contributed by atoms with Gasteiger partial charge in [0.15, 0.2) is 0 Å². The number of nitrogens with zero attached hydrogens (tertiary/aromatic N) is 2. The van der Waals surface area contributed by atoms with Crippen molar-refractivity contribution < 1.29 is 4.39 Å². The van der Waals surface area contributed by atoms with E-state index in [0.29, 0.717) is 11.0 Å². The van der Waals surface area contributed by atoms with Crippen LogP contribution in [0.2, 0.25) is 0 Å². The molecule has 0 radical (unpaired) electrons. The van der Waals surface area contributed by atoms with Crippen LogP contribution in [0, 0.1) is 5.82 Å².